The molecule has 0 unspecified atom stereocenters. The second kappa shape index (κ2) is 9.29. The van der Waals surface area contributed by atoms with E-state index in [0.29, 0.717) is 23.1 Å². The monoisotopic (exact) mass is 364 g/mol. The lowest BCUT2D eigenvalue weighted by Crippen LogP contribution is -2.34. The number of nitrogens with zero attached hydrogens (tertiary/aromatic N) is 2. The molecule has 24 heavy (non-hydrogen) atoms. The van der Waals surface area contributed by atoms with Crippen LogP contribution in [0.3, 0.4) is 0 Å². The molecule has 2 N–H and O–H groups in total. The summed E-state index contributed by atoms with van der Waals surface area (Å²) in [5.74, 6) is 0.232. The number of hydrogen-bond acceptors (Lipinski definition) is 6. The molecule has 6 nitrogen and oxygen atoms in total. The number of amides is 1. The van der Waals surface area contributed by atoms with E-state index >= 15 is 0 Å². The third kappa shape index (κ3) is 5.24. The minimum absolute atomic E-state index is 0.183. The van der Waals surface area contributed by atoms with Crippen LogP contribution in [0.4, 0.5) is 5.13 Å². The van der Waals surface area contributed by atoms with Crippen LogP contribution in [0, 0.1) is 0 Å². The molecule has 8 heteroatoms. The van der Waals surface area contributed by atoms with Gasteiger partial charge in [-0.2, -0.15) is 0 Å². The van der Waals surface area contributed by atoms with Crippen molar-refractivity contribution in [3.05, 3.63) is 34.8 Å². The predicted molar refractivity (Wildman–Crippen MR) is 99.8 cm³/mol. The highest BCUT2D eigenvalue weighted by Crippen LogP contribution is 2.19. The summed E-state index contributed by atoms with van der Waals surface area (Å²) >= 11 is 6.57. The molecule has 1 amide bonds. The molecule has 0 saturated carbocycles. The minimum atomic E-state index is -0.320. The molecule has 0 spiro atoms. The molecule has 0 aliphatic heterocycles. The first-order valence-electron chi connectivity index (χ1n) is 7.80. The maximum absolute atomic E-state index is 12.4. The van der Waals surface area contributed by atoms with Gasteiger partial charge in [-0.1, -0.05) is 43.7 Å². The largest absolute Gasteiger partial charge is 0.493 e. The number of benzene rings is 1. The predicted octanol–water partition coefficient (Wildman–Crippen LogP) is 3.41. The Kier molecular flexibility index (Phi) is 7.07. The highest BCUT2D eigenvalue weighted by molar-refractivity contribution is 7.80. The Morgan fingerprint density at radius 2 is 2.08 bits per heavy atom. The molecule has 0 atom stereocenters. The maximum Gasteiger partial charge on any atom is 0.261 e. The van der Waals surface area contributed by atoms with E-state index < -0.39 is 0 Å². The van der Waals surface area contributed by atoms with Gasteiger partial charge in [0.15, 0.2) is 5.11 Å². The zero-order chi connectivity index (χ0) is 17.4. The summed E-state index contributed by atoms with van der Waals surface area (Å²) in [5.41, 5.74) is 0.448. The van der Waals surface area contributed by atoms with Crippen LogP contribution in [0.5, 0.6) is 5.75 Å². The number of thiocarbonyl (C=S) groups is 1. The molecule has 1 aromatic carbocycles. The zero-order valence-electron chi connectivity index (χ0n) is 13.7. The van der Waals surface area contributed by atoms with Gasteiger partial charge >= 0.3 is 0 Å². The van der Waals surface area contributed by atoms with Gasteiger partial charge in [-0.05, 0) is 37.2 Å². The third-order valence-electron chi connectivity index (χ3n) is 3.10. The van der Waals surface area contributed by atoms with Crippen molar-refractivity contribution < 1.29 is 9.53 Å². The van der Waals surface area contributed by atoms with Crippen LogP contribution in [0.2, 0.25) is 0 Å². The summed E-state index contributed by atoms with van der Waals surface area (Å²) in [7, 11) is 0. The normalized spacial score (nSPS) is 10.2. The number of carbonyl (C=O) groups is 1. The topological polar surface area (TPSA) is 76.1 Å². The average molecular weight is 364 g/mol. The van der Waals surface area contributed by atoms with Gasteiger partial charge in [0.25, 0.3) is 5.91 Å². The number of aromatic nitrogens is 2. The number of anilines is 1. The molecule has 0 aliphatic carbocycles. The molecule has 0 saturated heterocycles. The molecule has 0 fully saturated rings. The third-order valence-corrected chi connectivity index (χ3v) is 4.29. The fourth-order valence-electron chi connectivity index (χ4n) is 1.85. The van der Waals surface area contributed by atoms with E-state index in [4.69, 9.17) is 17.0 Å². The molecule has 2 aromatic rings. The highest BCUT2D eigenvalue weighted by atomic mass is 32.1. The second-order valence-corrected chi connectivity index (χ2v) is 6.43. The Labute approximate surface area is 150 Å². The van der Waals surface area contributed by atoms with Gasteiger partial charge in [0, 0.05) is 0 Å². The minimum Gasteiger partial charge on any atom is -0.493 e. The molecule has 128 valence electrons. The van der Waals surface area contributed by atoms with Crippen LogP contribution in [0.1, 0.15) is 42.1 Å². The lowest BCUT2D eigenvalue weighted by Gasteiger charge is -2.12. The number of ether oxygens (including phenoxy) is 1. The van der Waals surface area contributed by atoms with E-state index in [2.05, 4.69) is 27.8 Å². The van der Waals surface area contributed by atoms with Crippen molar-refractivity contribution in [3.8, 4) is 5.75 Å². The molecular formula is C16H20N4O2S2. The van der Waals surface area contributed by atoms with Gasteiger partial charge in [0.2, 0.25) is 5.13 Å². The summed E-state index contributed by atoms with van der Waals surface area (Å²) in [6.07, 6.45) is 2.78. The molecule has 1 aromatic heterocycles. The highest BCUT2D eigenvalue weighted by Gasteiger charge is 2.14. The van der Waals surface area contributed by atoms with Crippen LogP contribution >= 0.6 is 23.6 Å². The molecule has 2 rings (SSSR count). The quantitative estimate of drug-likeness (QED) is 0.579. The summed E-state index contributed by atoms with van der Waals surface area (Å²) < 4.78 is 5.67. The summed E-state index contributed by atoms with van der Waals surface area (Å²) in [6.45, 7) is 4.66. The number of para-hydroxylation sites is 1. The molecule has 0 bridgehead atoms. The lowest BCUT2D eigenvalue weighted by molar-refractivity contribution is 0.0973. The Morgan fingerprint density at radius 1 is 1.29 bits per heavy atom. The zero-order valence-corrected chi connectivity index (χ0v) is 15.3. The van der Waals surface area contributed by atoms with Crippen molar-refractivity contribution in [2.24, 2.45) is 0 Å². The fourth-order valence-corrected chi connectivity index (χ4v) is 2.79. The van der Waals surface area contributed by atoms with Crippen LogP contribution in [-0.4, -0.2) is 27.8 Å². The van der Waals surface area contributed by atoms with E-state index in [1.54, 1.807) is 18.2 Å². The lowest BCUT2D eigenvalue weighted by atomic mass is 10.2. The molecule has 1 heterocycles. The van der Waals surface area contributed by atoms with Crippen LogP contribution in [0.25, 0.3) is 0 Å². The van der Waals surface area contributed by atoms with Crippen LogP contribution in [0.15, 0.2) is 24.3 Å². The number of carbonyl (C=O) groups excluding carboxylic acids is 1. The number of unbranched alkanes of at least 4 members (excludes halogenated alkanes) is 1. The standard InChI is InChI=1S/C16H20N4O2S2/c1-3-5-10-22-12-9-7-6-8-11(12)14(21)17-15(23)18-16-20-19-13(4-2)24-16/h6-9H,3-5,10H2,1-2H3,(H2,17,18,20,21,23). The average Bonchev–Trinajstić information content (AvgIpc) is 3.03. The van der Waals surface area contributed by atoms with E-state index in [-0.39, 0.29) is 11.0 Å². The van der Waals surface area contributed by atoms with Crippen molar-refractivity contribution >= 4 is 39.7 Å². The molecule has 0 radical (unpaired) electrons. The van der Waals surface area contributed by atoms with Crippen molar-refractivity contribution in [2.45, 2.75) is 33.1 Å². The van der Waals surface area contributed by atoms with Crippen molar-refractivity contribution in [3.63, 3.8) is 0 Å². The number of aryl methyl sites for hydroxylation is 1. The van der Waals surface area contributed by atoms with Gasteiger partial charge in [0.1, 0.15) is 10.8 Å². The van der Waals surface area contributed by atoms with Crippen LogP contribution < -0.4 is 15.4 Å². The summed E-state index contributed by atoms with van der Waals surface area (Å²) in [6, 6.07) is 7.11. The van der Waals surface area contributed by atoms with Gasteiger partial charge in [0.05, 0.1) is 12.2 Å². The fraction of sp³-hybridized carbons (Fsp3) is 0.375. The molecular weight excluding hydrogens is 344 g/mol. The number of hydrogen-bond donors (Lipinski definition) is 2. The molecule has 0 aliphatic rings. The van der Waals surface area contributed by atoms with Crippen molar-refractivity contribution in [2.75, 3.05) is 11.9 Å². The first-order valence-corrected chi connectivity index (χ1v) is 9.03. The van der Waals surface area contributed by atoms with Gasteiger partial charge in [-0.3, -0.25) is 10.1 Å². The summed E-state index contributed by atoms with van der Waals surface area (Å²) in [5, 5.41) is 15.1. The first kappa shape index (κ1) is 18.3. The van der Waals surface area contributed by atoms with Gasteiger partial charge in [-0.25, -0.2) is 0 Å². The number of rotatable bonds is 7. The van der Waals surface area contributed by atoms with Gasteiger partial charge < -0.3 is 10.1 Å². The Morgan fingerprint density at radius 3 is 2.79 bits per heavy atom. The first-order chi connectivity index (χ1) is 11.6. The van der Waals surface area contributed by atoms with E-state index in [1.807, 2.05) is 13.0 Å². The van der Waals surface area contributed by atoms with Gasteiger partial charge in [-0.15, -0.1) is 10.2 Å². The number of nitrogens with one attached hydrogen (secondary N) is 2. The van der Waals surface area contributed by atoms with Crippen molar-refractivity contribution in [1.82, 2.24) is 15.5 Å². The summed E-state index contributed by atoms with van der Waals surface area (Å²) in [4.78, 5) is 12.4. The maximum atomic E-state index is 12.4. The Hall–Kier alpha value is -2.06. The second-order valence-electron chi connectivity index (χ2n) is 4.96. The Bertz CT molecular complexity index is 703. The van der Waals surface area contributed by atoms with E-state index in [1.165, 1.54) is 11.3 Å². The van der Waals surface area contributed by atoms with E-state index in [9.17, 15) is 4.79 Å². The smallest absolute Gasteiger partial charge is 0.261 e. The Balaban J connectivity index is 1.97. The SMILES string of the molecule is CCCCOc1ccccc1C(=O)NC(=S)Nc1nnc(CC)s1. The van der Waals surface area contributed by atoms with E-state index in [0.717, 1.165) is 24.3 Å². The van der Waals surface area contributed by atoms with Crippen LogP contribution in [-0.2, 0) is 6.42 Å². The van der Waals surface area contributed by atoms with Crippen molar-refractivity contribution in [1.29, 1.82) is 0 Å².